The van der Waals surface area contributed by atoms with E-state index in [-0.39, 0.29) is 34.0 Å². The first-order valence-corrected chi connectivity index (χ1v) is 8.20. The summed E-state index contributed by atoms with van der Waals surface area (Å²) in [6, 6.07) is 6.89. The Morgan fingerprint density at radius 3 is 1.77 bits per heavy atom. The SMILES string of the molecule is CCOc1cc(C(=O)OC)cc([N+](=O)[O-])c1.COC(=O)c1cc(O)cc([N+](=O)[O-])c1. The minimum atomic E-state index is -0.732. The maximum atomic E-state index is 11.2. The van der Waals surface area contributed by atoms with Gasteiger partial charge >= 0.3 is 11.9 Å². The molecule has 0 saturated carbocycles. The van der Waals surface area contributed by atoms with Crippen molar-refractivity contribution in [2.45, 2.75) is 6.92 Å². The van der Waals surface area contributed by atoms with Crippen LogP contribution in [-0.2, 0) is 9.47 Å². The molecule has 0 heterocycles. The quantitative estimate of drug-likeness (QED) is 0.415. The standard InChI is InChI=1S/C10H11NO5.C8H7NO5/c1-3-16-9-5-7(10(12)15-2)4-8(6-9)11(13)14;1-14-8(11)5-2-6(9(12)13)4-7(10)3-5/h4-6H,3H2,1-2H3;2-4,10H,1H3. The van der Waals surface area contributed by atoms with Crippen molar-refractivity contribution in [2.75, 3.05) is 20.8 Å². The summed E-state index contributed by atoms with van der Waals surface area (Å²) < 4.78 is 14.0. The molecular formula is C18H18N2O10. The third-order valence-electron chi connectivity index (χ3n) is 3.37. The molecule has 0 fully saturated rings. The van der Waals surface area contributed by atoms with Gasteiger partial charge in [-0.3, -0.25) is 20.2 Å². The molecule has 0 spiro atoms. The highest BCUT2D eigenvalue weighted by molar-refractivity contribution is 5.91. The molecule has 0 aromatic heterocycles. The molecule has 2 rings (SSSR count). The first-order chi connectivity index (χ1) is 14.1. The molecule has 0 unspecified atom stereocenters. The van der Waals surface area contributed by atoms with E-state index in [0.717, 1.165) is 31.4 Å². The average Bonchev–Trinajstić information content (AvgIpc) is 2.72. The predicted molar refractivity (Wildman–Crippen MR) is 102 cm³/mol. The van der Waals surface area contributed by atoms with Crippen LogP contribution in [0.2, 0.25) is 0 Å². The van der Waals surface area contributed by atoms with Gasteiger partial charge in [-0.05, 0) is 19.1 Å². The van der Waals surface area contributed by atoms with Crippen molar-refractivity contribution in [3.8, 4) is 11.5 Å². The monoisotopic (exact) mass is 422 g/mol. The zero-order valence-corrected chi connectivity index (χ0v) is 16.2. The number of hydrogen-bond donors (Lipinski definition) is 1. The summed E-state index contributed by atoms with van der Waals surface area (Å²) in [4.78, 5) is 41.9. The lowest BCUT2D eigenvalue weighted by molar-refractivity contribution is -0.385. The molecule has 0 saturated heterocycles. The van der Waals surface area contributed by atoms with Gasteiger partial charge in [-0.15, -0.1) is 0 Å². The Morgan fingerprint density at radius 1 is 0.867 bits per heavy atom. The van der Waals surface area contributed by atoms with Crippen molar-refractivity contribution < 1.29 is 38.8 Å². The van der Waals surface area contributed by atoms with Crippen molar-refractivity contribution in [1.82, 2.24) is 0 Å². The number of nitro groups is 2. The molecular weight excluding hydrogens is 404 g/mol. The predicted octanol–water partition coefficient (Wildman–Crippen LogP) is 2.87. The van der Waals surface area contributed by atoms with E-state index in [2.05, 4.69) is 9.47 Å². The number of benzene rings is 2. The fourth-order valence-electron chi connectivity index (χ4n) is 2.11. The van der Waals surface area contributed by atoms with E-state index in [9.17, 15) is 29.8 Å². The van der Waals surface area contributed by atoms with Gasteiger partial charge in [-0.25, -0.2) is 9.59 Å². The van der Waals surface area contributed by atoms with Gasteiger partial charge in [0.05, 0.1) is 53.9 Å². The van der Waals surface area contributed by atoms with Crippen LogP contribution in [0.25, 0.3) is 0 Å². The van der Waals surface area contributed by atoms with E-state index in [0.29, 0.717) is 6.61 Å². The fourth-order valence-corrected chi connectivity index (χ4v) is 2.11. The van der Waals surface area contributed by atoms with Crippen LogP contribution in [0.3, 0.4) is 0 Å². The van der Waals surface area contributed by atoms with Crippen molar-refractivity contribution >= 4 is 23.3 Å². The lowest BCUT2D eigenvalue weighted by Gasteiger charge is -2.05. The summed E-state index contributed by atoms with van der Waals surface area (Å²) >= 11 is 0. The van der Waals surface area contributed by atoms with E-state index in [1.54, 1.807) is 6.92 Å². The summed E-state index contributed by atoms with van der Waals surface area (Å²) in [5.41, 5.74) is -0.517. The first-order valence-electron chi connectivity index (χ1n) is 8.20. The number of nitrogens with zero attached hydrogens (tertiary/aromatic N) is 2. The average molecular weight is 422 g/mol. The smallest absolute Gasteiger partial charge is 0.338 e. The molecule has 0 aliphatic carbocycles. The van der Waals surface area contributed by atoms with Gasteiger partial charge in [0.15, 0.2) is 0 Å². The van der Waals surface area contributed by atoms with Crippen LogP contribution in [0.4, 0.5) is 11.4 Å². The summed E-state index contributed by atoms with van der Waals surface area (Å²) in [7, 11) is 2.36. The number of nitro benzene ring substituents is 2. The van der Waals surface area contributed by atoms with Gasteiger partial charge in [0.25, 0.3) is 11.4 Å². The summed E-state index contributed by atoms with van der Waals surface area (Å²) in [5.74, 6) is -1.44. The molecule has 30 heavy (non-hydrogen) atoms. The van der Waals surface area contributed by atoms with Gasteiger partial charge in [-0.1, -0.05) is 0 Å². The zero-order valence-electron chi connectivity index (χ0n) is 16.2. The third kappa shape index (κ3) is 6.74. The molecule has 0 bridgehead atoms. The molecule has 0 aliphatic rings. The normalized spacial score (nSPS) is 9.57. The van der Waals surface area contributed by atoms with E-state index in [4.69, 9.17) is 9.84 Å². The summed E-state index contributed by atoms with van der Waals surface area (Å²) in [6.07, 6.45) is 0. The molecule has 0 amide bonds. The molecule has 160 valence electrons. The molecule has 2 aromatic carbocycles. The van der Waals surface area contributed by atoms with Crippen LogP contribution in [0.15, 0.2) is 36.4 Å². The number of esters is 2. The second-order valence-electron chi connectivity index (χ2n) is 5.38. The number of methoxy groups -OCH3 is 2. The second-order valence-corrected chi connectivity index (χ2v) is 5.38. The van der Waals surface area contributed by atoms with Crippen molar-refractivity contribution in [3.63, 3.8) is 0 Å². The van der Waals surface area contributed by atoms with Crippen LogP contribution >= 0.6 is 0 Å². The van der Waals surface area contributed by atoms with Gasteiger partial charge in [-0.2, -0.15) is 0 Å². The lowest BCUT2D eigenvalue weighted by Crippen LogP contribution is -2.03. The molecule has 2 aromatic rings. The van der Waals surface area contributed by atoms with Crippen LogP contribution in [0, 0.1) is 20.2 Å². The molecule has 0 atom stereocenters. The maximum Gasteiger partial charge on any atom is 0.338 e. The summed E-state index contributed by atoms with van der Waals surface area (Å²) in [5, 5.41) is 30.1. The molecule has 0 aliphatic heterocycles. The van der Waals surface area contributed by atoms with Crippen molar-refractivity contribution in [3.05, 3.63) is 67.8 Å². The molecule has 1 N–H and O–H groups in total. The van der Waals surface area contributed by atoms with E-state index < -0.39 is 21.8 Å². The van der Waals surface area contributed by atoms with Gasteiger partial charge in [0.2, 0.25) is 0 Å². The number of carbonyl (C=O) groups excluding carboxylic acids is 2. The Bertz CT molecular complexity index is 958. The van der Waals surface area contributed by atoms with E-state index in [1.165, 1.54) is 19.2 Å². The van der Waals surface area contributed by atoms with E-state index in [1.807, 2.05) is 0 Å². The third-order valence-corrected chi connectivity index (χ3v) is 3.37. The molecule has 0 radical (unpaired) electrons. The largest absolute Gasteiger partial charge is 0.508 e. The molecule has 12 heteroatoms. The second kappa shape index (κ2) is 10.9. The number of non-ortho nitro benzene ring substituents is 2. The number of ether oxygens (including phenoxy) is 3. The highest BCUT2D eigenvalue weighted by Gasteiger charge is 2.15. The van der Waals surface area contributed by atoms with Gasteiger partial charge in [0.1, 0.15) is 11.5 Å². The Balaban J connectivity index is 0.000000303. The summed E-state index contributed by atoms with van der Waals surface area (Å²) in [6.45, 7) is 2.11. The minimum Gasteiger partial charge on any atom is -0.508 e. The number of phenols is 1. The van der Waals surface area contributed by atoms with Crippen LogP contribution in [0.5, 0.6) is 11.5 Å². The first kappa shape index (κ1) is 23.8. The number of aromatic hydroxyl groups is 1. The number of rotatable bonds is 6. The highest BCUT2D eigenvalue weighted by atomic mass is 16.6. The topological polar surface area (TPSA) is 168 Å². The Hall–Kier alpha value is -4.22. The zero-order chi connectivity index (χ0) is 22.8. The Kier molecular flexibility index (Phi) is 8.69. The van der Waals surface area contributed by atoms with Crippen molar-refractivity contribution in [2.24, 2.45) is 0 Å². The Morgan fingerprint density at radius 2 is 1.33 bits per heavy atom. The number of carbonyl (C=O) groups is 2. The lowest BCUT2D eigenvalue weighted by atomic mass is 10.2. The van der Waals surface area contributed by atoms with Gasteiger partial charge in [0, 0.05) is 12.1 Å². The van der Waals surface area contributed by atoms with Gasteiger partial charge < -0.3 is 19.3 Å². The minimum absolute atomic E-state index is 0.0563. The van der Waals surface area contributed by atoms with Crippen LogP contribution in [-0.4, -0.2) is 47.7 Å². The highest BCUT2D eigenvalue weighted by Crippen LogP contribution is 2.23. The molecule has 12 nitrogen and oxygen atoms in total. The van der Waals surface area contributed by atoms with Crippen LogP contribution in [0.1, 0.15) is 27.6 Å². The van der Waals surface area contributed by atoms with Crippen LogP contribution < -0.4 is 4.74 Å². The van der Waals surface area contributed by atoms with Crippen molar-refractivity contribution in [1.29, 1.82) is 0 Å². The number of hydrogen-bond acceptors (Lipinski definition) is 10. The number of phenolic OH excluding ortho intramolecular Hbond substituents is 1. The maximum absolute atomic E-state index is 11.2. The van der Waals surface area contributed by atoms with E-state index >= 15 is 0 Å². The fraction of sp³-hybridized carbons (Fsp3) is 0.222. The Labute approximate surface area is 169 Å².